The molecular formula is C51H29N5OS. The van der Waals surface area contributed by atoms with Crippen molar-refractivity contribution in [3.8, 4) is 45.5 Å². The van der Waals surface area contributed by atoms with Crippen molar-refractivity contribution in [3.05, 3.63) is 176 Å². The summed E-state index contributed by atoms with van der Waals surface area (Å²) in [5.74, 6) is 1.84. The molecule has 4 aromatic heterocycles. The normalized spacial score (nSPS) is 12.4. The molecule has 0 saturated heterocycles. The number of para-hydroxylation sites is 4. The Bertz CT molecular complexity index is 3670. The van der Waals surface area contributed by atoms with Crippen LogP contribution in [0.25, 0.3) is 111 Å². The number of nitrogens with zero attached hydrogens (tertiary/aromatic N) is 5. The third-order valence-electron chi connectivity index (χ3n) is 11.5. The second kappa shape index (κ2) is 12.0. The molecule has 0 fully saturated rings. The molecule has 6 nitrogen and oxygen atoms in total. The van der Waals surface area contributed by atoms with E-state index in [0.717, 1.165) is 55.1 Å². The van der Waals surface area contributed by atoms with Gasteiger partial charge in [-0.1, -0.05) is 133 Å². The van der Waals surface area contributed by atoms with Gasteiger partial charge in [-0.2, -0.15) is 0 Å². The van der Waals surface area contributed by atoms with E-state index in [0.29, 0.717) is 17.5 Å². The first kappa shape index (κ1) is 31.7. The molecule has 58 heavy (non-hydrogen) atoms. The fourth-order valence-electron chi connectivity index (χ4n) is 9.00. The summed E-state index contributed by atoms with van der Waals surface area (Å²) in [6.45, 7) is 0. The molecular weight excluding hydrogens is 731 g/mol. The lowest BCUT2D eigenvalue weighted by Gasteiger charge is -2.21. The molecule has 7 heteroatoms. The third-order valence-corrected chi connectivity index (χ3v) is 12.6. The summed E-state index contributed by atoms with van der Waals surface area (Å²) in [5.41, 5.74) is 10.3. The molecule has 0 saturated carbocycles. The Hall–Kier alpha value is -7.48. The minimum absolute atomic E-state index is 0.603. The highest BCUT2D eigenvalue weighted by Crippen LogP contribution is 2.49. The van der Waals surface area contributed by atoms with E-state index in [4.69, 9.17) is 19.4 Å². The number of rotatable bonds is 4. The van der Waals surface area contributed by atoms with E-state index in [9.17, 15) is 0 Å². The highest BCUT2D eigenvalue weighted by molar-refractivity contribution is 7.99. The molecule has 0 radical (unpaired) electrons. The van der Waals surface area contributed by atoms with Gasteiger partial charge in [-0.25, -0.2) is 15.0 Å². The first-order valence-corrected chi connectivity index (χ1v) is 20.2. The third kappa shape index (κ3) is 4.53. The Morgan fingerprint density at radius 2 is 1.14 bits per heavy atom. The molecule has 8 aromatic carbocycles. The zero-order valence-electron chi connectivity index (χ0n) is 30.8. The summed E-state index contributed by atoms with van der Waals surface area (Å²) in [6.07, 6.45) is 0. The van der Waals surface area contributed by atoms with Crippen LogP contribution in [-0.2, 0) is 0 Å². The average molecular weight is 760 g/mol. The van der Waals surface area contributed by atoms with E-state index >= 15 is 0 Å². The Morgan fingerprint density at radius 3 is 2.07 bits per heavy atom. The standard InChI is InChI=1S/C51H29N5OS/c1-2-12-30(13-3-1)48-52-49(54-50(53-48)38-17-10-21-42-45(38)36-15-5-8-20-41(36)57-42)33-25-24-32-29-34(27-26-31(32)28-33)55-39-18-6-4-14-35(39)46-37-16-11-23-44-47(37)56(51(46)55)40-19-7-9-22-43(40)58-44/h1-29H. The molecule has 270 valence electrons. The largest absolute Gasteiger partial charge is 0.456 e. The Labute approximate surface area is 335 Å². The number of aromatic nitrogens is 5. The minimum Gasteiger partial charge on any atom is -0.456 e. The number of benzene rings is 8. The van der Waals surface area contributed by atoms with Crippen molar-refractivity contribution in [2.75, 3.05) is 0 Å². The van der Waals surface area contributed by atoms with E-state index in [2.05, 4.69) is 124 Å². The van der Waals surface area contributed by atoms with Crippen molar-refractivity contribution in [2.24, 2.45) is 0 Å². The summed E-state index contributed by atoms with van der Waals surface area (Å²) < 4.78 is 11.2. The molecule has 13 rings (SSSR count). The number of hydrogen-bond donors (Lipinski definition) is 0. The summed E-state index contributed by atoms with van der Waals surface area (Å²) in [6, 6.07) is 61.9. The van der Waals surface area contributed by atoms with Crippen LogP contribution in [0.5, 0.6) is 0 Å². The van der Waals surface area contributed by atoms with E-state index in [1.807, 2.05) is 72.4 Å². The second-order valence-electron chi connectivity index (χ2n) is 14.8. The van der Waals surface area contributed by atoms with Gasteiger partial charge in [0.2, 0.25) is 0 Å². The van der Waals surface area contributed by atoms with Gasteiger partial charge in [0.25, 0.3) is 0 Å². The summed E-state index contributed by atoms with van der Waals surface area (Å²) in [5, 5.41) is 8.06. The zero-order valence-corrected chi connectivity index (χ0v) is 31.6. The molecule has 1 aliphatic heterocycles. The van der Waals surface area contributed by atoms with Gasteiger partial charge < -0.3 is 4.42 Å². The van der Waals surface area contributed by atoms with Crippen LogP contribution in [0.2, 0.25) is 0 Å². The number of fused-ring (bicyclic) bond motifs is 11. The molecule has 0 N–H and O–H groups in total. The first-order valence-electron chi connectivity index (χ1n) is 19.4. The van der Waals surface area contributed by atoms with Gasteiger partial charge in [-0.3, -0.25) is 9.13 Å². The molecule has 1 aliphatic rings. The van der Waals surface area contributed by atoms with E-state index < -0.39 is 0 Å². The molecule has 5 heterocycles. The molecule has 0 unspecified atom stereocenters. The second-order valence-corrected chi connectivity index (χ2v) is 15.9. The fourth-order valence-corrected chi connectivity index (χ4v) is 10.1. The Kier molecular flexibility index (Phi) is 6.56. The van der Waals surface area contributed by atoms with Crippen molar-refractivity contribution in [1.82, 2.24) is 24.1 Å². The smallest absolute Gasteiger partial charge is 0.164 e. The molecule has 0 spiro atoms. The molecule has 12 aromatic rings. The summed E-state index contributed by atoms with van der Waals surface area (Å²) >= 11 is 1.85. The molecule has 0 bridgehead atoms. The number of hydrogen-bond acceptors (Lipinski definition) is 5. The van der Waals surface area contributed by atoms with Crippen LogP contribution in [-0.4, -0.2) is 24.1 Å². The van der Waals surface area contributed by atoms with Gasteiger partial charge in [-0.15, -0.1) is 0 Å². The first-order chi connectivity index (χ1) is 28.7. The Balaban J connectivity index is 1.000. The van der Waals surface area contributed by atoms with Crippen LogP contribution in [0.4, 0.5) is 0 Å². The average Bonchev–Trinajstić information content (AvgIpc) is 3.95. The van der Waals surface area contributed by atoms with Crippen LogP contribution in [0.15, 0.2) is 190 Å². The highest BCUT2D eigenvalue weighted by Gasteiger charge is 2.27. The van der Waals surface area contributed by atoms with Gasteiger partial charge in [0, 0.05) is 59.1 Å². The predicted octanol–water partition coefficient (Wildman–Crippen LogP) is 13.4. The predicted molar refractivity (Wildman–Crippen MR) is 236 cm³/mol. The maximum atomic E-state index is 6.25. The maximum absolute atomic E-state index is 6.25. The lowest BCUT2D eigenvalue weighted by atomic mass is 10.0. The monoisotopic (exact) mass is 759 g/mol. The van der Waals surface area contributed by atoms with Crippen molar-refractivity contribution in [1.29, 1.82) is 0 Å². The van der Waals surface area contributed by atoms with E-state index in [-0.39, 0.29) is 0 Å². The van der Waals surface area contributed by atoms with Gasteiger partial charge in [0.05, 0.1) is 16.7 Å². The molecule has 0 atom stereocenters. The summed E-state index contributed by atoms with van der Waals surface area (Å²) in [4.78, 5) is 17.9. The molecule has 0 aliphatic carbocycles. The quantitative estimate of drug-likeness (QED) is 0.179. The van der Waals surface area contributed by atoms with Crippen molar-refractivity contribution in [3.63, 3.8) is 0 Å². The molecule has 0 amide bonds. The highest BCUT2D eigenvalue weighted by atomic mass is 32.2. The van der Waals surface area contributed by atoms with Gasteiger partial charge in [-0.05, 0) is 65.4 Å². The van der Waals surface area contributed by atoms with Crippen LogP contribution in [0, 0.1) is 0 Å². The Morgan fingerprint density at radius 1 is 0.448 bits per heavy atom. The number of furan rings is 1. The topological polar surface area (TPSA) is 61.7 Å². The van der Waals surface area contributed by atoms with Gasteiger partial charge >= 0.3 is 0 Å². The van der Waals surface area contributed by atoms with E-state index in [1.54, 1.807) is 0 Å². The van der Waals surface area contributed by atoms with Crippen LogP contribution < -0.4 is 0 Å². The van der Waals surface area contributed by atoms with Crippen molar-refractivity contribution >= 4 is 77.3 Å². The summed E-state index contributed by atoms with van der Waals surface area (Å²) in [7, 11) is 0. The fraction of sp³-hybridized carbons (Fsp3) is 0. The maximum Gasteiger partial charge on any atom is 0.164 e. The van der Waals surface area contributed by atoms with Crippen LogP contribution >= 0.6 is 11.8 Å². The lowest BCUT2D eigenvalue weighted by Crippen LogP contribution is -2.05. The van der Waals surface area contributed by atoms with E-state index in [1.165, 1.54) is 48.3 Å². The zero-order chi connectivity index (χ0) is 37.9. The SMILES string of the molecule is c1ccc(-c2nc(-c3ccc4cc(-n5c6ccccc6c6c7cccc8c7n(c65)-c5ccccc5S8)ccc4c3)nc(-c3cccc4oc5ccccc5c34)n2)cc1. The lowest BCUT2D eigenvalue weighted by molar-refractivity contribution is 0.669. The van der Waals surface area contributed by atoms with Crippen LogP contribution in [0.1, 0.15) is 0 Å². The van der Waals surface area contributed by atoms with Crippen LogP contribution in [0.3, 0.4) is 0 Å². The van der Waals surface area contributed by atoms with Crippen molar-refractivity contribution in [2.45, 2.75) is 9.79 Å². The van der Waals surface area contributed by atoms with Gasteiger partial charge in [0.1, 0.15) is 16.8 Å². The minimum atomic E-state index is 0.603. The van der Waals surface area contributed by atoms with Crippen molar-refractivity contribution < 1.29 is 4.42 Å². The van der Waals surface area contributed by atoms with Gasteiger partial charge in [0.15, 0.2) is 17.5 Å².